The number of piperidine rings is 1. The molecule has 6 heteroatoms. The first-order valence-electron chi connectivity index (χ1n) is 16.4. The van der Waals surface area contributed by atoms with Crippen molar-refractivity contribution in [3.05, 3.63) is 66.0 Å². The molecule has 4 atom stereocenters. The van der Waals surface area contributed by atoms with Gasteiger partial charge in [0.2, 0.25) is 0 Å². The number of para-hydroxylation sites is 2. The fourth-order valence-electron chi connectivity index (χ4n) is 9.68. The SMILES string of the molecule is Cc1nc2ccccc2n1C1CC2N(CCC3(c4ccccc4)CCN(C(=O)NC4CCCCC4)CC3)C3CC23C1. The second-order valence-corrected chi connectivity index (χ2v) is 14.0. The van der Waals surface area contributed by atoms with E-state index in [9.17, 15) is 4.79 Å². The van der Waals surface area contributed by atoms with E-state index >= 15 is 0 Å². The number of nitrogens with zero attached hydrogens (tertiary/aromatic N) is 4. The van der Waals surface area contributed by atoms with Gasteiger partial charge in [0, 0.05) is 42.7 Å². The fourth-order valence-corrected chi connectivity index (χ4v) is 9.68. The Labute approximate surface area is 244 Å². The molecule has 2 saturated heterocycles. The van der Waals surface area contributed by atoms with Gasteiger partial charge in [-0.25, -0.2) is 9.78 Å². The third-order valence-electron chi connectivity index (χ3n) is 12.0. The monoisotopic (exact) mass is 551 g/mol. The number of fused-ring (bicyclic) bond motifs is 1. The van der Waals surface area contributed by atoms with Crippen molar-refractivity contribution in [2.24, 2.45) is 5.41 Å². The number of amides is 2. The lowest BCUT2D eigenvalue weighted by molar-refractivity contribution is 0.0231. The summed E-state index contributed by atoms with van der Waals surface area (Å²) in [4.78, 5) is 23.0. The van der Waals surface area contributed by atoms with E-state index in [-0.39, 0.29) is 11.4 Å². The molecule has 3 heterocycles. The van der Waals surface area contributed by atoms with Crippen molar-refractivity contribution >= 4 is 17.1 Å². The highest BCUT2D eigenvalue weighted by Gasteiger charge is 2.75. The minimum atomic E-state index is 0.158. The smallest absolute Gasteiger partial charge is 0.317 e. The summed E-state index contributed by atoms with van der Waals surface area (Å²) < 4.78 is 2.55. The highest BCUT2D eigenvalue weighted by atomic mass is 16.2. The summed E-state index contributed by atoms with van der Waals surface area (Å²) in [5.74, 6) is 1.17. The molecule has 3 aromatic rings. The van der Waals surface area contributed by atoms with Gasteiger partial charge in [-0.3, -0.25) is 4.90 Å². The third-order valence-corrected chi connectivity index (χ3v) is 12.0. The largest absolute Gasteiger partial charge is 0.335 e. The Morgan fingerprint density at radius 2 is 1.71 bits per heavy atom. The van der Waals surface area contributed by atoms with E-state index in [4.69, 9.17) is 4.98 Å². The Morgan fingerprint density at radius 3 is 2.51 bits per heavy atom. The van der Waals surface area contributed by atoms with E-state index in [1.54, 1.807) is 0 Å². The summed E-state index contributed by atoms with van der Waals surface area (Å²) in [5, 5.41) is 3.36. The van der Waals surface area contributed by atoms with Crippen LogP contribution in [-0.4, -0.2) is 63.1 Å². The Balaban J connectivity index is 0.949. The van der Waals surface area contributed by atoms with Gasteiger partial charge in [0.1, 0.15) is 5.82 Å². The van der Waals surface area contributed by atoms with Crippen molar-refractivity contribution in [3.63, 3.8) is 0 Å². The van der Waals surface area contributed by atoms with E-state index in [0.717, 1.165) is 50.3 Å². The van der Waals surface area contributed by atoms with Crippen molar-refractivity contribution in [2.45, 2.75) is 107 Å². The second kappa shape index (κ2) is 9.86. The number of benzene rings is 2. The molecule has 2 amide bonds. The molecule has 4 unspecified atom stereocenters. The number of aryl methyl sites for hydroxylation is 1. The normalized spacial score (nSPS) is 31.0. The topological polar surface area (TPSA) is 53.4 Å². The van der Waals surface area contributed by atoms with Gasteiger partial charge in [-0.2, -0.15) is 0 Å². The average Bonchev–Trinajstić information content (AvgIpc) is 3.32. The molecule has 5 fully saturated rings. The van der Waals surface area contributed by atoms with Gasteiger partial charge < -0.3 is 14.8 Å². The Bertz CT molecular complexity index is 1420. The molecular formula is C35H45N5O. The number of carbonyl (C=O) groups excluding carboxylic acids is 1. The number of aromatic nitrogens is 2. The molecule has 0 radical (unpaired) electrons. The molecule has 5 aliphatic rings. The van der Waals surface area contributed by atoms with E-state index in [1.807, 2.05) is 0 Å². The maximum absolute atomic E-state index is 13.1. The summed E-state index contributed by atoms with van der Waals surface area (Å²) in [6.07, 6.45) is 13.4. The van der Waals surface area contributed by atoms with Crippen molar-refractivity contribution in [1.82, 2.24) is 24.7 Å². The minimum Gasteiger partial charge on any atom is -0.335 e. The van der Waals surface area contributed by atoms with Crippen molar-refractivity contribution < 1.29 is 4.79 Å². The van der Waals surface area contributed by atoms with Crippen molar-refractivity contribution in [2.75, 3.05) is 19.6 Å². The molecule has 3 saturated carbocycles. The first kappa shape index (κ1) is 25.8. The molecule has 6 nitrogen and oxygen atoms in total. The number of likely N-dealkylation sites (tertiary alicyclic amines) is 2. The van der Waals surface area contributed by atoms with Gasteiger partial charge in [-0.1, -0.05) is 61.7 Å². The summed E-state index contributed by atoms with van der Waals surface area (Å²) >= 11 is 0. The quantitative estimate of drug-likeness (QED) is 0.376. The number of imidazole rings is 1. The third kappa shape index (κ3) is 4.23. The van der Waals surface area contributed by atoms with Crippen LogP contribution in [0.1, 0.15) is 88.1 Å². The van der Waals surface area contributed by atoms with E-state index in [2.05, 4.69) is 81.2 Å². The lowest BCUT2D eigenvalue weighted by Crippen LogP contribution is -2.55. The molecule has 1 spiro atoms. The minimum absolute atomic E-state index is 0.158. The lowest BCUT2D eigenvalue weighted by Gasteiger charge is -2.48. The molecule has 2 aromatic carbocycles. The standard InChI is InChI=1S/C35H45N5O/c1-25-36-29-14-8-9-15-30(29)40(25)28-22-31-35(23-28)24-32(35)39(31)21-18-34(26-10-4-2-5-11-26)16-19-38(20-17-34)33(41)37-27-12-6-3-7-13-27/h2,4-5,8-11,14-15,27-28,31-32H,3,6-7,12-13,16-24H2,1H3,(H,37,41). The van der Waals surface area contributed by atoms with Gasteiger partial charge in [0.25, 0.3) is 0 Å². The number of rotatable bonds is 6. The molecule has 3 aliphatic carbocycles. The number of hydrogen-bond donors (Lipinski definition) is 1. The van der Waals surface area contributed by atoms with Crippen LogP contribution in [0.15, 0.2) is 54.6 Å². The Hall–Kier alpha value is -2.86. The van der Waals surface area contributed by atoms with Crippen molar-refractivity contribution in [3.8, 4) is 0 Å². The number of carbonyl (C=O) groups is 1. The second-order valence-electron chi connectivity index (χ2n) is 14.0. The zero-order valence-electron chi connectivity index (χ0n) is 24.6. The predicted molar refractivity (Wildman–Crippen MR) is 163 cm³/mol. The first-order chi connectivity index (χ1) is 20.1. The summed E-state index contributed by atoms with van der Waals surface area (Å²) in [5.41, 5.74) is 4.63. The van der Waals surface area contributed by atoms with E-state index in [1.165, 1.54) is 68.4 Å². The Morgan fingerprint density at radius 1 is 0.951 bits per heavy atom. The zero-order chi connectivity index (χ0) is 27.6. The molecule has 216 valence electrons. The van der Waals surface area contributed by atoms with Crippen LogP contribution in [-0.2, 0) is 5.41 Å². The van der Waals surface area contributed by atoms with Gasteiger partial charge >= 0.3 is 6.03 Å². The first-order valence-corrected chi connectivity index (χ1v) is 16.4. The molecule has 1 N–H and O–H groups in total. The van der Waals surface area contributed by atoms with Gasteiger partial charge in [0.05, 0.1) is 11.0 Å². The number of hydrogen-bond acceptors (Lipinski definition) is 3. The van der Waals surface area contributed by atoms with Gasteiger partial charge in [-0.05, 0) is 87.9 Å². The average molecular weight is 552 g/mol. The number of urea groups is 1. The van der Waals surface area contributed by atoms with E-state index < -0.39 is 0 Å². The molecule has 2 aliphatic heterocycles. The molecule has 8 rings (SSSR count). The van der Waals surface area contributed by atoms with Crippen LogP contribution in [0.2, 0.25) is 0 Å². The zero-order valence-corrected chi connectivity index (χ0v) is 24.6. The summed E-state index contributed by atoms with van der Waals surface area (Å²) in [6.45, 7) is 5.08. The summed E-state index contributed by atoms with van der Waals surface area (Å²) in [7, 11) is 0. The molecule has 41 heavy (non-hydrogen) atoms. The van der Waals surface area contributed by atoms with Crippen LogP contribution in [0.3, 0.4) is 0 Å². The van der Waals surface area contributed by atoms with Crippen molar-refractivity contribution in [1.29, 1.82) is 0 Å². The van der Waals surface area contributed by atoms with Crippen LogP contribution in [0, 0.1) is 12.3 Å². The summed E-state index contributed by atoms with van der Waals surface area (Å²) in [6, 6.07) is 22.5. The van der Waals surface area contributed by atoms with Crippen LogP contribution in [0.5, 0.6) is 0 Å². The maximum Gasteiger partial charge on any atom is 0.317 e. The van der Waals surface area contributed by atoms with Crippen LogP contribution < -0.4 is 5.32 Å². The van der Waals surface area contributed by atoms with E-state index in [0.29, 0.717) is 23.5 Å². The maximum atomic E-state index is 13.1. The number of nitrogens with one attached hydrogen (secondary N) is 1. The molecule has 1 aromatic heterocycles. The molecule has 0 bridgehead atoms. The predicted octanol–water partition coefficient (Wildman–Crippen LogP) is 6.59. The molecular weight excluding hydrogens is 506 g/mol. The fraction of sp³-hybridized carbons (Fsp3) is 0.600. The highest BCUT2D eigenvalue weighted by Crippen LogP contribution is 2.72. The van der Waals surface area contributed by atoms with Gasteiger partial charge in [0.15, 0.2) is 0 Å². The van der Waals surface area contributed by atoms with Crippen LogP contribution in [0.4, 0.5) is 4.79 Å². The Kier molecular flexibility index (Phi) is 6.21. The van der Waals surface area contributed by atoms with Crippen LogP contribution in [0.25, 0.3) is 11.0 Å². The van der Waals surface area contributed by atoms with Crippen LogP contribution >= 0.6 is 0 Å². The highest BCUT2D eigenvalue weighted by molar-refractivity contribution is 5.76. The lowest BCUT2D eigenvalue weighted by atomic mass is 9.70. The van der Waals surface area contributed by atoms with Gasteiger partial charge in [-0.15, -0.1) is 0 Å².